The summed E-state index contributed by atoms with van der Waals surface area (Å²) in [6, 6.07) is 18.7. The van der Waals surface area contributed by atoms with Crippen molar-refractivity contribution >= 4 is 34.2 Å². The molecule has 29 heavy (non-hydrogen) atoms. The molecule has 0 saturated carbocycles. The smallest absolute Gasteiger partial charge is 0.255 e. The van der Waals surface area contributed by atoms with Crippen molar-refractivity contribution in [2.45, 2.75) is 13.8 Å². The fraction of sp³-hybridized carbons (Fsp3) is 0.130. The van der Waals surface area contributed by atoms with Crippen LogP contribution in [0, 0.1) is 6.92 Å². The van der Waals surface area contributed by atoms with Crippen molar-refractivity contribution in [2.75, 3.05) is 11.9 Å². The van der Waals surface area contributed by atoms with Gasteiger partial charge >= 0.3 is 0 Å². The molecule has 0 aliphatic heterocycles. The van der Waals surface area contributed by atoms with Crippen LogP contribution in [-0.2, 0) is 0 Å². The molecule has 1 heterocycles. The van der Waals surface area contributed by atoms with Gasteiger partial charge in [0, 0.05) is 16.8 Å². The van der Waals surface area contributed by atoms with Gasteiger partial charge in [0.05, 0.1) is 22.7 Å². The lowest BCUT2D eigenvalue weighted by Gasteiger charge is -2.11. The number of para-hydroxylation sites is 2. The van der Waals surface area contributed by atoms with Crippen molar-refractivity contribution in [2.24, 2.45) is 0 Å². The van der Waals surface area contributed by atoms with E-state index in [9.17, 15) is 4.79 Å². The van der Waals surface area contributed by atoms with E-state index in [1.165, 1.54) is 0 Å². The molecule has 1 amide bonds. The Bertz CT molecular complexity index is 1170. The van der Waals surface area contributed by atoms with E-state index in [-0.39, 0.29) is 5.91 Å². The van der Waals surface area contributed by atoms with E-state index in [1.807, 2.05) is 56.3 Å². The van der Waals surface area contributed by atoms with E-state index in [0.717, 1.165) is 33.7 Å². The highest BCUT2D eigenvalue weighted by Gasteiger charge is 2.13. The Labute approximate surface area is 173 Å². The van der Waals surface area contributed by atoms with Gasteiger partial charge in [0.2, 0.25) is 0 Å². The van der Waals surface area contributed by atoms with Gasteiger partial charge in [-0.15, -0.1) is 0 Å². The topological polar surface area (TPSA) is 67.0 Å². The van der Waals surface area contributed by atoms with Gasteiger partial charge in [-0.05, 0) is 55.8 Å². The summed E-state index contributed by atoms with van der Waals surface area (Å²) in [5.74, 6) is 1.08. The molecule has 146 valence electrons. The van der Waals surface area contributed by atoms with Crippen molar-refractivity contribution < 1.29 is 9.53 Å². The Kier molecular flexibility index (Phi) is 5.23. The number of hydrogen-bond acceptors (Lipinski definition) is 3. The summed E-state index contributed by atoms with van der Waals surface area (Å²) in [6.07, 6.45) is 0. The fourth-order valence-corrected chi connectivity index (χ4v) is 3.34. The first-order valence-corrected chi connectivity index (χ1v) is 9.72. The molecule has 0 bridgehead atoms. The van der Waals surface area contributed by atoms with Crippen molar-refractivity contribution in [3.63, 3.8) is 0 Å². The Morgan fingerprint density at radius 1 is 1.14 bits per heavy atom. The summed E-state index contributed by atoms with van der Waals surface area (Å²) in [5.41, 5.74) is 4.91. The number of rotatable bonds is 5. The number of imidazole rings is 1. The van der Waals surface area contributed by atoms with Gasteiger partial charge in [-0.3, -0.25) is 4.79 Å². The number of halogens is 1. The zero-order valence-electron chi connectivity index (χ0n) is 16.1. The van der Waals surface area contributed by atoms with E-state index < -0.39 is 0 Å². The molecule has 0 saturated heterocycles. The number of fused-ring (bicyclic) bond motifs is 1. The van der Waals surface area contributed by atoms with Crippen LogP contribution >= 0.6 is 11.6 Å². The van der Waals surface area contributed by atoms with Crippen LogP contribution < -0.4 is 10.1 Å². The van der Waals surface area contributed by atoms with Gasteiger partial charge in [0.1, 0.15) is 11.6 Å². The first kappa shape index (κ1) is 19.0. The van der Waals surface area contributed by atoms with Gasteiger partial charge in [0.25, 0.3) is 5.91 Å². The van der Waals surface area contributed by atoms with Gasteiger partial charge < -0.3 is 15.0 Å². The van der Waals surface area contributed by atoms with Gasteiger partial charge in [0.15, 0.2) is 0 Å². The number of aromatic amines is 1. The second-order valence-electron chi connectivity index (χ2n) is 6.66. The lowest BCUT2D eigenvalue weighted by molar-refractivity contribution is 0.102. The van der Waals surface area contributed by atoms with Crippen LogP contribution in [0.4, 0.5) is 5.69 Å². The van der Waals surface area contributed by atoms with Gasteiger partial charge in [-0.25, -0.2) is 4.98 Å². The number of carbonyl (C=O) groups is 1. The van der Waals surface area contributed by atoms with Gasteiger partial charge in [-0.2, -0.15) is 0 Å². The number of nitrogens with zero attached hydrogens (tertiary/aromatic N) is 1. The van der Waals surface area contributed by atoms with Crippen LogP contribution in [0.15, 0.2) is 60.7 Å². The van der Waals surface area contributed by atoms with E-state index >= 15 is 0 Å². The largest absolute Gasteiger partial charge is 0.492 e. The van der Waals surface area contributed by atoms with Gasteiger partial charge in [-0.1, -0.05) is 35.9 Å². The molecule has 0 aliphatic rings. The zero-order valence-corrected chi connectivity index (χ0v) is 16.9. The number of aromatic nitrogens is 2. The molecule has 0 spiro atoms. The third-order valence-corrected chi connectivity index (χ3v) is 4.94. The number of aryl methyl sites for hydroxylation is 1. The summed E-state index contributed by atoms with van der Waals surface area (Å²) in [5, 5.41) is 3.38. The van der Waals surface area contributed by atoms with Crippen molar-refractivity contribution in [3.8, 4) is 17.1 Å². The zero-order chi connectivity index (χ0) is 20.4. The summed E-state index contributed by atoms with van der Waals surface area (Å²) in [7, 11) is 0. The van der Waals surface area contributed by atoms with E-state index in [2.05, 4.69) is 15.3 Å². The number of ether oxygens (including phenoxy) is 1. The maximum atomic E-state index is 12.7. The summed E-state index contributed by atoms with van der Waals surface area (Å²) in [6.45, 7) is 4.34. The third-order valence-electron chi connectivity index (χ3n) is 4.64. The van der Waals surface area contributed by atoms with Crippen LogP contribution in [0.3, 0.4) is 0 Å². The summed E-state index contributed by atoms with van der Waals surface area (Å²) >= 11 is 6.21. The molecule has 0 radical (unpaired) electrons. The fourth-order valence-electron chi connectivity index (χ4n) is 3.10. The summed E-state index contributed by atoms with van der Waals surface area (Å²) in [4.78, 5) is 20.7. The molecule has 6 heteroatoms. The Morgan fingerprint density at radius 3 is 2.72 bits per heavy atom. The first-order valence-electron chi connectivity index (χ1n) is 9.34. The van der Waals surface area contributed by atoms with Crippen molar-refractivity contribution in [1.82, 2.24) is 9.97 Å². The molecule has 4 rings (SSSR count). The number of amides is 1. The average molecular weight is 406 g/mol. The summed E-state index contributed by atoms with van der Waals surface area (Å²) < 4.78 is 5.42. The normalized spacial score (nSPS) is 10.9. The molecule has 2 N–H and O–H groups in total. The quantitative estimate of drug-likeness (QED) is 0.438. The maximum absolute atomic E-state index is 12.7. The van der Waals surface area contributed by atoms with Crippen LogP contribution in [-0.4, -0.2) is 22.5 Å². The number of benzene rings is 3. The highest BCUT2D eigenvalue weighted by Crippen LogP contribution is 2.28. The molecule has 4 aromatic rings. The van der Waals surface area contributed by atoms with Crippen LogP contribution in [0.1, 0.15) is 22.8 Å². The molecule has 0 atom stereocenters. The Hall–Kier alpha value is -3.31. The standard InChI is InChI=1S/C23H20ClN3O2/c1-3-29-21-11-10-16(12-17(21)24)23(28)27-20-13-15(9-8-14(20)2)22-25-18-6-4-5-7-19(18)26-22/h4-13H,3H2,1-2H3,(H,25,26)(H,27,28). The number of anilines is 1. The number of hydrogen-bond donors (Lipinski definition) is 2. The predicted octanol–water partition coefficient (Wildman–Crippen LogP) is 5.84. The van der Waals surface area contributed by atoms with Crippen LogP contribution in [0.5, 0.6) is 5.75 Å². The highest BCUT2D eigenvalue weighted by atomic mass is 35.5. The van der Waals surface area contributed by atoms with Crippen molar-refractivity contribution in [3.05, 3.63) is 76.8 Å². The Morgan fingerprint density at radius 2 is 1.97 bits per heavy atom. The van der Waals surface area contributed by atoms with E-state index in [4.69, 9.17) is 16.3 Å². The maximum Gasteiger partial charge on any atom is 0.255 e. The SMILES string of the molecule is CCOc1ccc(C(=O)Nc2cc(-c3nc4ccccc4[nH]3)ccc2C)cc1Cl. The third kappa shape index (κ3) is 3.96. The molecular formula is C23H20ClN3O2. The molecular weight excluding hydrogens is 386 g/mol. The first-order chi connectivity index (χ1) is 14.0. The Balaban J connectivity index is 1.61. The second kappa shape index (κ2) is 7.97. The van der Waals surface area contributed by atoms with Crippen molar-refractivity contribution in [1.29, 1.82) is 0 Å². The molecule has 1 aromatic heterocycles. The predicted molar refractivity (Wildman–Crippen MR) is 117 cm³/mol. The molecule has 0 fully saturated rings. The minimum atomic E-state index is -0.236. The number of carbonyl (C=O) groups excluding carboxylic acids is 1. The lowest BCUT2D eigenvalue weighted by Crippen LogP contribution is -2.13. The van der Waals surface area contributed by atoms with Crippen LogP contribution in [0.25, 0.3) is 22.4 Å². The second-order valence-corrected chi connectivity index (χ2v) is 7.07. The molecule has 3 aromatic carbocycles. The average Bonchev–Trinajstić information content (AvgIpc) is 3.15. The molecule has 0 aliphatic carbocycles. The lowest BCUT2D eigenvalue weighted by atomic mass is 10.1. The number of H-pyrrole nitrogens is 1. The molecule has 0 unspecified atom stereocenters. The van der Waals surface area contributed by atoms with E-state index in [1.54, 1.807) is 18.2 Å². The minimum Gasteiger partial charge on any atom is -0.492 e. The van der Waals surface area contributed by atoms with Crippen LogP contribution in [0.2, 0.25) is 5.02 Å². The minimum absolute atomic E-state index is 0.236. The molecule has 5 nitrogen and oxygen atoms in total. The highest BCUT2D eigenvalue weighted by molar-refractivity contribution is 6.32. The monoisotopic (exact) mass is 405 g/mol. The number of nitrogens with one attached hydrogen (secondary N) is 2. The van der Waals surface area contributed by atoms with E-state index in [0.29, 0.717) is 22.9 Å².